The monoisotopic (exact) mass is 301 g/mol. The smallest absolute Gasteiger partial charge is 0.129 e. The Morgan fingerprint density at radius 3 is 2.42 bits per heavy atom. The van der Waals surface area contributed by atoms with E-state index in [1.807, 2.05) is 13.0 Å². The summed E-state index contributed by atoms with van der Waals surface area (Å²) < 4.78 is 28.0. The summed E-state index contributed by atoms with van der Waals surface area (Å²) in [6, 6.07) is 5.72. The standard InChI is InChI=1S/C14H14ClF2NS/c1-8-6-13(19-14(8)15)12(18-2)7-9-10(16)4-3-5-11(9)17/h3-6,12,18H,7H2,1-2H3. The molecule has 1 unspecified atom stereocenters. The number of nitrogens with one attached hydrogen (secondary N) is 1. The van der Waals surface area contributed by atoms with E-state index in [9.17, 15) is 8.78 Å². The molecule has 0 fully saturated rings. The van der Waals surface area contributed by atoms with Gasteiger partial charge >= 0.3 is 0 Å². The number of hydrogen-bond acceptors (Lipinski definition) is 2. The number of benzene rings is 1. The number of likely N-dealkylation sites (N-methyl/N-ethyl adjacent to an activating group) is 1. The zero-order valence-electron chi connectivity index (χ0n) is 10.6. The van der Waals surface area contributed by atoms with Crippen LogP contribution >= 0.6 is 22.9 Å². The van der Waals surface area contributed by atoms with Gasteiger partial charge in [0.2, 0.25) is 0 Å². The molecule has 0 aliphatic heterocycles. The van der Waals surface area contributed by atoms with Gasteiger partial charge in [-0.1, -0.05) is 17.7 Å². The topological polar surface area (TPSA) is 12.0 Å². The van der Waals surface area contributed by atoms with Crippen molar-refractivity contribution in [3.63, 3.8) is 0 Å². The van der Waals surface area contributed by atoms with Crippen LogP contribution in [0.1, 0.15) is 22.0 Å². The largest absolute Gasteiger partial charge is 0.312 e. The highest BCUT2D eigenvalue weighted by Gasteiger charge is 2.18. The molecule has 0 aliphatic rings. The van der Waals surface area contributed by atoms with Gasteiger partial charge in [-0.2, -0.15) is 0 Å². The fourth-order valence-corrected chi connectivity index (χ4v) is 3.26. The fourth-order valence-electron chi connectivity index (χ4n) is 1.93. The lowest BCUT2D eigenvalue weighted by Crippen LogP contribution is -2.19. The van der Waals surface area contributed by atoms with Crippen LogP contribution < -0.4 is 5.32 Å². The molecule has 2 aromatic rings. The maximum absolute atomic E-state index is 13.7. The van der Waals surface area contributed by atoms with Crippen molar-refractivity contribution in [1.29, 1.82) is 0 Å². The van der Waals surface area contributed by atoms with E-state index in [4.69, 9.17) is 11.6 Å². The molecule has 0 saturated carbocycles. The molecule has 0 radical (unpaired) electrons. The highest BCUT2D eigenvalue weighted by Crippen LogP contribution is 2.33. The van der Waals surface area contributed by atoms with Crippen molar-refractivity contribution in [2.75, 3.05) is 7.05 Å². The molecule has 0 aliphatic carbocycles. The van der Waals surface area contributed by atoms with Gasteiger partial charge in [-0.3, -0.25) is 0 Å². The summed E-state index contributed by atoms with van der Waals surface area (Å²) in [7, 11) is 1.77. The highest BCUT2D eigenvalue weighted by atomic mass is 35.5. The lowest BCUT2D eigenvalue weighted by molar-refractivity contribution is 0.518. The van der Waals surface area contributed by atoms with Gasteiger partial charge in [0, 0.05) is 16.5 Å². The van der Waals surface area contributed by atoms with Crippen LogP contribution in [0, 0.1) is 18.6 Å². The Hall–Kier alpha value is -0.970. The Bertz CT molecular complexity index is 543. The van der Waals surface area contributed by atoms with E-state index in [1.165, 1.54) is 29.5 Å². The predicted molar refractivity (Wildman–Crippen MR) is 75.9 cm³/mol. The third-order valence-electron chi connectivity index (χ3n) is 3.04. The molecule has 2 rings (SSSR count). The number of hydrogen-bond donors (Lipinski definition) is 1. The number of aryl methyl sites for hydroxylation is 1. The number of halogens is 3. The van der Waals surface area contributed by atoms with Crippen LogP contribution in [0.15, 0.2) is 24.3 Å². The summed E-state index contributed by atoms with van der Waals surface area (Å²) in [4.78, 5) is 0.979. The molecule has 1 atom stereocenters. The first kappa shape index (κ1) is 14.4. The molecule has 0 saturated heterocycles. The zero-order valence-corrected chi connectivity index (χ0v) is 12.2. The van der Waals surface area contributed by atoms with Gasteiger partial charge in [0.15, 0.2) is 0 Å². The summed E-state index contributed by atoms with van der Waals surface area (Å²) >= 11 is 7.47. The first-order chi connectivity index (χ1) is 9.02. The quantitative estimate of drug-likeness (QED) is 0.877. The predicted octanol–water partition coefficient (Wildman–Crippen LogP) is 4.49. The average Bonchev–Trinajstić information content (AvgIpc) is 2.69. The maximum Gasteiger partial charge on any atom is 0.129 e. The third kappa shape index (κ3) is 3.14. The Morgan fingerprint density at radius 2 is 1.95 bits per heavy atom. The SMILES string of the molecule is CNC(Cc1c(F)cccc1F)c1cc(C)c(Cl)s1. The molecule has 102 valence electrons. The van der Waals surface area contributed by atoms with Crippen molar-refractivity contribution >= 4 is 22.9 Å². The zero-order chi connectivity index (χ0) is 14.0. The molecule has 1 nitrogen and oxygen atoms in total. The Balaban J connectivity index is 2.29. The van der Waals surface area contributed by atoms with E-state index in [1.54, 1.807) is 7.05 Å². The van der Waals surface area contributed by atoms with Crippen LogP contribution in [-0.2, 0) is 6.42 Å². The number of rotatable bonds is 4. The number of thiophene rings is 1. The average molecular weight is 302 g/mol. The van der Waals surface area contributed by atoms with Gasteiger partial charge in [-0.25, -0.2) is 8.78 Å². The Kier molecular flexibility index (Phi) is 4.55. The minimum atomic E-state index is -0.514. The fraction of sp³-hybridized carbons (Fsp3) is 0.286. The van der Waals surface area contributed by atoms with Gasteiger partial charge in [-0.15, -0.1) is 11.3 Å². The lowest BCUT2D eigenvalue weighted by atomic mass is 10.0. The molecule has 0 bridgehead atoms. The summed E-state index contributed by atoms with van der Waals surface area (Å²) in [5.74, 6) is -1.03. The second kappa shape index (κ2) is 5.99. The first-order valence-corrected chi connectivity index (χ1v) is 7.08. The van der Waals surface area contributed by atoms with Crippen LogP contribution in [0.3, 0.4) is 0 Å². The van der Waals surface area contributed by atoms with Crippen molar-refractivity contribution in [2.45, 2.75) is 19.4 Å². The lowest BCUT2D eigenvalue weighted by Gasteiger charge is -2.15. The summed E-state index contributed by atoms with van der Waals surface area (Å²) in [6.07, 6.45) is 0.255. The minimum absolute atomic E-state index is 0.101. The van der Waals surface area contributed by atoms with E-state index in [-0.39, 0.29) is 18.0 Å². The second-order valence-corrected chi connectivity index (χ2v) is 6.04. The van der Waals surface area contributed by atoms with Gasteiger partial charge in [0.05, 0.1) is 4.34 Å². The molecular formula is C14H14ClF2NS. The summed E-state index contributed by atoms with van der Waals surface area (Å²) in [5, 5.41) is 3.08. The molecule has 1 heterocycles. The molecular weight excluding hydrogens is 288 g/mol. The molecule has 0 spiro atoms. The Morgan fingerprint density at radius 1 is 1.32 bits per heavy atom. The molecule has 19 heavy (non-hydrogen) atoms. The van der Waals surface area contributed by atoms with Crippen LogP contribution in [0.4, 0.5) is 8.78 Å². The van der Waals surface area contributed by atoms with Gasteiger partial charge in [-0.05, 0) is 44.2 Å². The van der Waals surface area contributed by atoms with Gasteiger partial charge in [0.25, 0.3) is 0 Å². The molecule has 1 aromatic carbocycles. The molecule has 1 N–H and O–H groups in total. The first-order valence-electron chi connectivity index (χ1n) is 5.89. The van der Waals surface area contributed by atoms with E-state index in [2.05, 4.69) is 5.32 Å². The molecule has 1 aromatic heterocycles. The van der Waals surface area contributed by atoms with Crippen LogP contribution in [-0.4, -0.2) is 7.05 Å². The van der Waals surface area contributed by atoms with E-state index >= 15 is 0 Å². The van der Waals surface area contributed by atoms with Crippen LogP contribution in [0.25, 0.3) is 0 Å². The van der Waals surface area contributed by atoms with E-state index in [0.717, 1.165) is 10.4 Å². The van der Waals surface area contributed by atoms with Crippen molar-refractivity contribution in [3.05, 3.63) is 56.2 Å². The van der Waals surface area contributed by atoms with Crippen molar-refractivity contribution in [3.8, 4) is 0 Å². The maximum atomic E-state index is 13.7. The van der Waals surface area contributed by atoms with Crippen LogP contribution in [0.5, 0.6) is 0 Å². The minimum Gasteiger partial charge on any atom is -0.312 e. The van der Waals surface area contributed by atoms with Crippen molar-refractivity contribution < 1.29 is 8.78 Å². The van der Waals surface area contributed by atoms with E-state index < -0.39 is 11.6 Å². The van der Waals surface area contributed by atoms with Crippen LogP contribution in [0.2, 0.25) is 4.34 Å². The third-order valence-corrected chi connectivity index (χ3v) is 4.71. The van der Waals surface area contributed by atoms with Gasteiger partial charge < -0.3 is 5.32 Å². The summed E-state index contributed by atoms with van der Waals surface area (Å²) in [6.45, 7) is 1.92. The second-order valence-electron chi connectivity index (χ2n) is 4.35. The van der Waals surface area contributed by atoms with E-state index in [0.29, 0.717) is 4.34 Å². The summed E-state index contributed by atoms with van der Waals surface area (Å²) in [5.41, 5.74) is 1.08. The Labute approximate surface area is 120 Å². The van der Waals surface area contributed by atoms with Crippen molar-refractivity contribution in [1.82, 2.24) is 5.32 Å². The van der Waals surface area contributed by atoms with Crippen molar-refractivity contribution in [2.24, 2.45) is 0 Å². The highest BCUT2D eigenvalue weighted by molar-refractivity contribution is 7.16. The molecule has 0 amide bonds. The van der Waals surface area contributed by atoms with Gasteiger partial charge in [0.1, 0.15) is 11.6 Å². The molecule has 5 heteroatoms. The normalized spacial score (nSPS) is 12.7.